The fourth-order valence-corrected chi connectivity index (χ4v) is 3.16. The van der Waals surface area contributed by atoms with E-state index in [2.05, 4.69) is 26.1 Å². The first kappa shape index (κ1) is 15.6. The highest BCUT2D eigenvalue weighted by molar-refractivity contribution is 5.18. The number of aromatic nitrogens is 3. The van der Waals surface area contributed by atoms with Gasteiger partial charge in [-0.15, -0.1) is 0 Å². The van der Waals surface area contributed by atoms with E-state index in [1.165, 1.54) is 12.8 Å². The summed E-state index contributed by atoms with van der Waals surface area (Å²) >= 11 is 0. The smallest absolute Gasteiger partial charge is 0.235 e. The Morgan fingerprint density at radius 2 is 2.00 bits per heavy atom. The molecular formula is C18H24N4O2. The molecule has 2 aliphatic rings. The lowest BCUT2D eigenvalue weighted by molar-refractivity contribution is 0.0908. The highest BCUT2D eigenvalue weighted by atomic mass is 16.5. The monoisotopic (exact) mass is 328 g/mol. The molecule has 1 saturated carbocycles. The summed E-state index contributed by atoms with van der Waals surface area (Å²) in [6.45, 7) is 6.77. The zero-order valence-electron chi connectivity index (χ0n) is 14.4. The SMILES string of the molecule is Cc1cnc(C)c(OC2CCN(Cc3cc(C4CC4)on3)CC2)n1. The molecule has 2 fully saturated rings. The number of piperidine rings is 1. The van der Waals surface area contributed by atoms with Crippen molar-refractivity contribution in [2.24, 2.45) is 0 Å². The van der Waals surface area contributed by atoms with Gasteiger partial charge in [-0.05, 0) is 39.5 Å². The van der Waals surface area contributed by atoms with Crippen molar-refractivity contribution in [2.75, 3.05) is 13.1 Å². The van der Waals surface area contributed by atoms with Crippen LogP contribution in [-0.2, 0) is 6.54 Å². The van der Waals surface area contributed by atoms with Crippen molar-refractivity contribution in [3.63, 3.8) is 0 Å². The maximum absolute atomic E-state index is 6.07. The molecule has 0 unspecified atom stereocenters. The molecule has 0 radical (unpaired) electrons. The van der Waals surface area contributed by atoms with Gasteiger partial charge in [-0.25, -0.2) is 4.98 Å². The Bertz CT molecular complexity index is 703. The van der Waals surface area contributed by atoms with E-state index in [0.717, 1.165) is 55.3 Å². The number of hydrogen-bond donors (Lipinski definition) is 0. The zero-order chi connectivity index (χ0) is 16.5. The van der Waals surface area contributed by atoms with Gasteiger partial charge in [0, 0.05) is 37.8 Å². The number of ether oxygens (including phenoxy) is 1. The maximum atomic E-state index is 6.07. The highest BCUT2D eigenvalue weighted by Gasteiger charge is 2.28. The minimum atomic E-state index is 0.218. The number of likely N-dealkylation sites (tertiary alicyclic amines) is 1. The van der Waals surface area contributed by atoms with Crippen LogP contribution in [0.1, 0.15) is 54.4 Å². The van der Waals surface area contributed by atoms with Crippen molar-refractivity contribution in [3.05, 3.63) is 35.1 Å². The number of aryl methyl sites for hydroxylation is 2. The van der Waals surface area contributed by atoms with Crippen LogP contribution in [0, 0.1) is 13.8 Å². The molecule has 0 amide bonds. The van der Waals surface area contributed by atoms with Crippen molar-refractivity contribution >= 4 is 0 Å². The Hall–Kier alpha value is -1.95. The first-order chi connectivity index (χ1) is 11.7. The number of rotatable bonds is 5. The lowest BCUT2D eigenvalue weighted by Crippen LogP contribution is -2.38. The summed E-state index contributed by atoms with van der Waals surface area (Å²) in [6, 6.07) is 2.13. The molecule has 6 heteroatoms. The quantitative estimate of drug-likeness (QED) is 0.841. The summed E-state index contributed by atoms with van der Waals surface area (Å²) in [4.78, 5) is 11.2. The molecule has 128 valence electrons. The summed E-state index contributed by atoms with van der Waals surface area (Å²) in [5, 5.41) is 4.21. The summed E-state index contributed by atoms with van der Waals surface area (Å²) in [7, 11) is 0. The van der Waals surface area contributed by atoms with Gasteiger partial charge in [0.1, 0.15) is 11.9 Å². The van der Waals surface area contributed by atoms with E-state index in [0.29, 0.717) is 11.8 Å². The summed E-state index contributed by atoms with van der Waals surface area (Å²) in [6.07, 6.45) is 6.50. The van der Waals surface area contributed by atoms with E-state index < -0.39 is 0 Å². The van der Waals surface area contributed by atoms with Gasteiger partial charge < -0.3 is 9.26 Å². The Morgan fingerprint density at radius 3 is 2.75 bits per heavy atom. The number of hydrogen-bond acceptors (Lipinski definition) is 6. The standard InChI is InChI=1S/C18H24N4O2/c1-12-10-19-13(2)18(20-12)23-16-5-7-22(8-6-16)11-15-9-17(24-21-15)14-3-4-14/h9-10,14,16H,3-8,11H2,1-2H3. The van der Waals surface area contributed by atoms with Crippen LogP contribution in [0.5, 0.6) is 5.88 Å². The molecule has 3 heterocycles. The van der Waals surface area contributed by atoms with Gasteiger partial charge in [0.05, 0.1) is 17.1 Å². The maximum Gasteiger partial charge on any atom is 0.235 e. The lowest BCUT2D eigenvalue weighted by Gasteiger charge is -2.31. The fraction of sp³-hybridized carbons (Fsp3) is 0.611. The normalized spacial score (nSPS) is 19.6. The van der Waals surface area contributed by atoms with Crippen molar-refractivity contribution in [1.82, 2.24) is 20.0 Å². The molecular weight excluding hydrogens is 304 g/mol. The van der Waals surface area contributed by atoms with Crippen LogP contribution in [0.3, 0.4) is 0 Å². The third-order valence-corrected chi connectivity index (χ3v) is 4.79. The van der Waals surface area contributed by atoms with Crippen LogP contribution in [-0.4, -0.2) is 39.2 Å². The van der Waals surface area contributed by atoms with Gasteiger partial charge in [-0.1, -0.05) is 5.16 Å². The zero-order valence-corrected chi connectivity index (χ0v) is 14.4. The second-order valence-electron chi connectivity index (χ2n) is 6.99. The molecule has 2 aromatic rings. The molecule has 24 heavy (non-hydrogen) atoms. The molecule has 0 aromatic carbocycles. The predicted octanol–water partition coefficient (Wildman–Crippen LogP) is 3.00. The van der Waals surface area contributed by atoms with Gasteiger partial charge in [0.25, 0.3) is 0 Å². The van der Waals surface area contributed by atoms with Crippen LogP contribution >= 0.6 is 0 Å². The van der Waals surface area contributed by atoms with Crippen LogP contribution in [0.4, 0.5) is 0 Å². The van der Waals surface area contributed by atoms with Crippen molar-refractivity contribution < 1.29 is 9.26 Å². The van der Waals surface area contributed by atoms with Crippen molar-refractivity contribution in [3.8, 4) is 5.88 Å². The van der Waals surface area contributed by atoms with E-state index in [-0.39, 0.29) is 6.10 Å². The van der Waals surface area contributed by atoms with Gasteiger partial charge in [0.2, 0.25) is 5.88 Å². The Morgan fingerprint density at radius 1 is 1.21 bits per heavy atom. The number of nitrogens with zero attached hydrogens (tertiary/aromatic N) is 4. The third-order valence-electron chi connectivity index (χ3n) is 4.79. The lowest BCUT2D eigenvalue weighted by atomic mass is 10.1. The van der Waals surface area contributed by atoms with Gasteiger partial charge in [-0.2, -0.15) is 0 Å². The Balaban J connectivity index is 1.29. The van der Waals surface area contributed by atoms with Crippen molar-refractivity contribution in [1.29, 1.82) is 0 Å². The van der Waals surface area contributed by atoms with E-state index in [1.54, 1.807) is 6.20 Å². The summed E-state index contributed by atoms with van der Waals surface area (Å²) in [5.74, 6) is 2.37. The molecule has 1 saturated heterocycles. The predicted molar refractivity (Wildman–Crippen MR) is 88.9 cm³/mol. The molecule has 4 rings (SSSR count). The molecule has 0 N–H and O–H groups in total. The molecule has 0 spiro atoms. The molecule has 0 atom stereocenters. The van der Waals surface area contributed by atoms with Gasteiger partial charge in [0.15, 0.2) is 0 Å². The van der Waals surface area contributed by atoms with E-state index in [1.807, 2.05) is 13.8 Å². The average Bonchev–Trinajstić information content (AvgIpc) is 3.33. The molecule has 1 aliphatic carbocycles. The molecule has 6 nitrogen and oxygen atoms in total. The Kier molecular flexibility index (Phi) is 4.22. The van der Waals surface area contributed by atoms with Crippen LogP contribution in [0.25, 0.3) is 0 Å². The first-order valence-corrected chi connectivity index (χ1v) is 8.82. The van der Waals surface area contributed by atoms with Gasteiger partial charge >= 0.3 is 0 Å². The minimum Gasteiger partial charge on any atom is -0.473 e. The van der Waals surface area contributed by atoms with Gasteiger partial charge in [-0.3, -0.25) is 9.88 Å². The van der Waals surface area contributed by atoms with Crippen LogP contribution < -0.4 is 4.74 Å². The second-order valence-corrected chi connectivity index (χ2v) is 6.99. The topological polar surface area (TPSA) is 64.3 Å². The molecule has 2 aromatic heterocycles. The largest absolute Gasteiger partial charge is 0.473 e. The van der Waals surface area contributed by atoms with E-state index >= 15 is 0 Å². The van der Waals surface area contributed by atoms with E-state index in [4.69, 9.17) is 9.26 Å². The second kappa shape index (κ2) is 6.51. The third kappa shape index (κ3) is 3.59. The fourth-order valence-electron chi connectivity index (χ4n) is 3.16. The molecule has 1 aliphatic heterocycles. The van der Waals surface area contributed by atoms with E-state index in [9.17, 15) is 0 Å². The minimum absolute atomic E-state index is 0.218. The summed E-state index contributed by atoms with van der Waals surface area (Å²) < 4.78 is 11.5. The first-order valence-electron chi connectivity index (χ1n) is 8.82. The molecule has 0 bridgehead atoms. The van der Waals surface area contributed by atoms with Crippen LogP contribution in [0.2, 0.25) is 0 Å². The Labute approximate surface area is 142 Å². The van der Waals surface area contributed by atoms with Crippen molar-refractivity contribution in [2.45, 2.75) is 58.1 Å². The highest BCUT2D eigenvalue weighted by Crippen LogP contribution is 2.40. The van der Waals surface area contributed by atoms with Crippen LogP contribution in [0.15, 0.2) is 16.8 Å². The average molecular weight is 328 g/mol. The summed E-state index contributed by atoms with van der Waals surface area (Å²) in [5.41, 5.74) is 2.81.